The van der Waals surface area contributed by atoms with E-state index in [4.69, 9.17) is 21.1 Å². The van der Waals surface area contributed by atoms with Crippen LogP contribution in [0.2, 0.25) is 5.02 Å². The van der Waals surface area contributed by atoms with Gasteiger partial charge in [0.2, 0.25) is 10.0 Å². The average molecular weight is 488 g/mol. The number of carbonyl (C=O) groups is 1. The number of ether oxygens (including phenoxy) is 2. The third-order valence-corrected chi connectivity index (χ3v) is 6.93. The fraction of sp³-hybridized carbons (Fsp3) is 0.217. The van der Waals surface area contributed by atoms with Gasteiger partial charge in [0, 0.05) is 31.5 Å². The highest BCUT2D eigenvalue weighted by Gasteiger charge is 2.26. The zero-order chi connectivity index (χ0) is 23.4. The van der Waals surface area contributed by atoms with E-state index in [1.807, 2.05) is 18.2 Å². The molecule has 1 N–H and O–H groups in total. The number of likely N-dealkylation sites (N-methyl/N-ethyl adjacent to an activating group) is 1. The molecule has 0 spiro atoms. The number of pyridine rings is 1. The van der Waals surface area contributed by atoms with E-state index in [1.165, 1.54) is 23.1 Å². The van der Waals surface area contributed by atoms with Gasteiger partial charge in [0.1, 0.15) is 11.5 Å². The molecule has 1 atom stereocenters. The van der Waals surface area contributed by atoms with Gasteiger partial charge in [-0.2, -0.15) is 0 Å². The standard InChI is InChI=1S/C23H22ClN3O5S/c1-27(14-18-15-31-20-6-2-3-7-21(20)32-18)23(28)17-8-9-19(24)22(11-17)33(29,30)26-13-16-5-4-10-25-12-16/h2-12,18,26H,13-15H2,1H3/t18-/m1/s1. The first-order chi connectivity index (χ1) is 15.8. The molecule has 1 aromatic heterocycles. The van der Waals surface area contributed by atoms with Crippen molar-refractivity contribution < 1.29 is 22.7 Å². The number of halogens is 1. The van der Waals surface area contributed by atoms with E-state index in [0.29, 0.717) is 23.7 Å². The van der Waals surface area contributed by atoms with Crippen molar-refractivity contribution in [2.45, 2.75) is 17.5 Å². The fourth-order valence-corrected chi connectivity index (χ4v) is 4.90. The number of amides is 1. The Kier molecular flexibility index (Phi) is 6.83. The van der Waals surface area contributed by atoms with Crippen LogP contribution in [0.15, 0.2) is 71.9 Å². The number of aromatic nitrogens is 1. The molecule has 1 aliphatic heterocycles. The van der Waals surface area contributed by atoms with Gasteiger partial charge in [0.25, 0.3) is 5.91 Å². The third kappa shape index (κ3) is 5.44. The highest BCUT2D eigenvalue weighted by atomic mass is 35.5. The number of para-hydroxylation sites is 2. The summed E-state index contributed by atoms with van der Waals surface area (Å²) in [4.78, 5) is 18.3. The Labute approximate surface area is 197 Å². The molecular weight excluding hydrogens is 466 g/mol. The van der Waals surface area contributed by atoms with Crippen LogP contribution in [0.3, 0.4) is 0 Å². The zero-order valence-electron chi connectivity index (χ0n) is 17.8. The molecule has 0 saturated heterocycles. The van der Waals surface area contributed by atoms with Gasteiger partial charge in [0.05, 0.1) is 11.6 Å². The van der Waals surface area contributed by atoms with Gasteiger partial charge in [-0.15, -0.1) is 0 Å². The second kappa shape index (κ2) is 9.78. The van der Waals surface area contributed by atoms with Gasteiger partial charge < -0.3 is 14.4 Å². The van der Waals surface area contributed by atoms with Gasteiger partial charge in [0.15, 0.2) is 17.6 Å². The Morgan fingerprint density at radius 1 is 1.18 bits per heavy atom. The topological polar surface area (TPSA) is 97.8 Å². The summed E-state index contributed by atoms with van der Waals surface area (Å²) in [5.74, 6) is 0.918. The first kappa shape index (κ1) is 23.0. The lowest BCUT2D eigenvalue weighted by molar-refractivity contribution is 0.0521. The van der Waals surface area contributed by atoms with Crippen molar-refractivity contribution in [1.29, 1.82) is 0 Å². The lowest BCUT2D eigenvalue weighted by atomic mass is 10.2. The summed E-state index contributed by atoms with van der Waals surface area (Å²) in [5, 5.41) is 0.0218. The number of nitrogens with zero attached hydrogens (tertiary/aromatic N) is 2. The second-order valence-electron chi connectivity index (χ2n) is 7.51. The van der Waals surface area contributed by atoms with Gasteiger partial charge in [-0.3, -0.25) is 9.78 Å². The predicted molar refractivity (Wildman–Crippen MR) is 123 cm³/mol. The lowest BCUT2D eigenvalue weighted by Crippen LogP contribution is -2.41. The minimum atomic E-state index is -3.96. The van der Waals surface area contributed by atoms with Crippen LogP contribution in [0.1, 0.15) is 15.9 Å². The summed E-state index contributed by atoms with van der Waals surface area (Å²) >= 11 is 6.16. The number of rotatable bonds is 7. The summed E-state index contributed by atoms with van der Waals surface area (Å²) in [6.07, 6.45) is 2.81. The van der Waals surface area contributed by atoms with E-state index in [-0.39, 0.29) is 40.6 Å². The van der Waals surface area contributed by atoms with Gasteiger partial charge >= 0.3 is 0 Å². The van der Waals surface area contributed by atoms with Gasteiger partial charge in [-0.1, -0.05) is 29.8 Å². The highest BCUT2D eigenvalue weighted by Crippen LogP contribution is 2.31. The zero-order valence-corrected chi connectivity index (χ0v) is 19.3. The highest BCUT2D eigenvalue weighted by molar-refractivity contribution is 7.89. The largest absolute Gasteiger partial charge is 0.486 e. The van der Waals surface area contributed by atoms with Crippen LogP contribution in [-0.4, -0.2) is 50.5 Å². The van der Waals surface area contributed by atoms with Crippen LogP contribution in [-0.2, 0) is 16.6 Å². The first-order valence-electron chi connectivity index (χ1n) is 10.2. The monoisotopic (exact) mass is 487 g/mol. The van der Waals surface area contributed by atoms with Crippen LogP contribution >= 0.6 is 11.6 Å². The first-order valence-corrected chi connectivity index (χ1v) is 12.0. The van der Waals surface area contributed by atoms with Crippen LogP contribution < -0.4 is 14.2 Å². The van der Waals surface area contributed by atoms with Crippen molar-refractivity contribution in [3.05, 3.63) is 83.1 Å². The number of nitrogens with one attached hydrogen (secondary N) is 1. The summed E-state index contributed by atoms with van der Waals surface area (Å²) in [6.45, 7) is 0.606. The van der Waals surface area contributed by atoms with Crippen LogP contribution in [0, 0.1) is 0 Å². The van der Waals surface area contributed by atoms with Crippen molar-refractivity contribution in [2.24, 2.45) is 0 Å². The second-order valence-corrected chi connectivity index (χ2v) is 9.66. The fourth-order valence-electron chi connectivity index (χ4n) is 3.36. The summed E-state index contributed by atoms with van der Waals surface area (Å²) in [5.41, 5.74) is 0.890. The minimum Gasteiger partial charge on any atom is -0.486 e. The maximum Gasteiger partial charge on any atom is 0.253 e. The smallest absolute Gasteiger partial charge is 0.253 e. The molecule has 0 bridgehead atoms. The van der Waals surface area contributed by atoms with Crippen molar-refractivity contribution >= 4 is 27.5 Å². The molecule has 33 heavy (non-hydrogen) atoms. The Balaban J connectivity index is 1.45. The predicted octanol–water partition coefficient (Wildman–Crippen LogP) is 3.13. The number of fused-ring (bicyclic) bond motifs is 1. The molecule has 2 heterocycles. The molecule has 1 amide bonds. The Hall–Kier alpha value is -3.14. The molecule has 0 radical (unpaired) electrons. The van der Waals surface area contributed by atoms with E-state index >= 15 is 0 Å². The normalized spacial score (nSPS) is 15.2. The quantitative estimate of drug-likeness (QED) is 0.550. The van der Waals surface area contributed by atoms with E-state index in [0.717, 1.165) is 0 Å². The maximum absolute atomic E-state index is 13.0. The summed E-state index contributed by atoms with van der Waals surface area (Å²) < 4.78 is 39.7. The summed E-state index contributed by atoms with van der Waals surface area (Å²) in [6, 6.07) is 15.0. The van der Waals surface area contributed by atoms with Crippen molar-refractivity contribution in [3.8, 4) is 11.5 Å². The number of hydrogen-bond donors (Lipinski definition) is 1. The molecule has 10 heteroatoms. The van der Waals surface area contributed by atoms with Crippen LogP contribution in [0.4, 0.5) is 0 Å². The number of carbonyl (C=O) groups excluding carboxylic acids is 1. The minimum absolute atomic E-state index is 0.0218. The number of sulfonamides is 1. The van der Waals surface area contributed by atoms with Crippen molar-refractivity contribution in [1.82, 2.24) is 14.6 Å². The molecule has 172 valence electrons. The molecule has 0 aliphatic carbocycles. The SMILES string of the molecule is CN(C[C@@H]1COc2ccccc2O1)C(=O)c1ccc(Cl)c(S(=O)(=O)NCc2cccnc2)c1. The molecule has 0 saturated carbocycles. The van der Waals surface area contributed by atoms with Gasteiger partial charge in [-0.05, 0) is 42.0 Å². The van der Waals surface area contributed by atoms with E-state index in [9.17, 15) is 13.2 Å². The van der Waals surface area contributed by atoms with Crippen molar-refractivity contribution in [2.75, 3.05) is 20.2 Å². The molecule has 8 nitrogen and oxygen atoms in total. The molecular formula is C23H22ClN3O5S. The van der Waals surface area contributed by atoms with Crippen LogP contribution in [0.25, 0.3) is 0 Å². The van der Waals surface area contributed by atoms with E-state index in [1.54, 1.807) is 37.6 Å². The number of hydrogen-bond acceptors (Lipinski definition) is 6. The Bertz CT molecular complexity index is 1250. The van der Waals surface area contributed by atoms with Crippen LogP contribution in [0.5, 0.6) is 11.5 Å². The molecule has 4 rings (SSSR count). The lowest BCUT2D eigenvalue weighted by Gasteiger charge is -2.29. The molecule has 3 aromatic rings. The third-order valence-electron chi connectivity index (χ3n) is 5.05. The maximum atomic E-state index is 13.0. The van der Waals surface area contributed by atoms with E-state index in [2.05, 4.69) is 9.71 Å². The average Bonchev–Trinajstić information content (AvgIpc) is 2.83. The molecule has 1 aliphatic rings. The summed E-state index contributed by atoms with van der Waals surface area (Å²) in [7, 11) is -2.34. The molecule has 0 unspecified atom stereocenters. The molecule has 2 aromatic carbocycles. The van der Waals surface area contributed by atoms with E-state index < -0.39 is 10.0 Å². The molecule has 0 fully saturated rings. The van der Waals surface area contributed by atoms with Crippen molar-refractivity contribution in [3.63, 3.8) is 0 Å². The van der Waals surface area contributed by atoms with Gasteiger partial charge in [-0.25, -0.2) is 13.1 Å². The Morgan fingerprint density at radius 2 is 1.97 bits per heavy atom. The Morgan fingerprint density at radius 3 is 2.73 bits per heavy atom. The number of benzene rings is 2.